The predicted octanol–water partition coefficient (Wildman–Crippen LogP) is 3.27. The number of esters is 1. The average Bonchev–Trinajstić information content (AvgIpc) is 2.97. The van der Waals surface area contributed by atoms with Crippen LogP contribution in [0.2, 0.25) is 0 Å². The standard InChI is InChI=1S/C21H19NO5/c1-4-27-19(14-8-6-5-7-9-14)18-16-11-10-15(21(25)26-3)12-17(16)22(13(2)23)20(18)24/h5-12H,4H2,1-3H3. The molecule has 0 bridgehead atoms. The van der Waals surface area contributed by atoms with Crippen molar-refractivity contribution in [1.29, 1.82) is 0 Å². The Bertz CT molecular complexity index is 946. The fourth-order valence-electron chi connectivity index (χ4n) is 3.08. The van der Waals surface area contributed by atoms with E-state index in [1.807, 2.05) is 37.3 Å². The summed E-state index contributed by atoms with van der Waals surface area (Å²) in [5.74, 6) is -1.06. The molecule has 3 rings (SSSR count). The molecule has 0 saturated heterocycles. The van der Waals surface area contributed by atoms with Gasteiger partial charge in [0.1, 0.15) is 5.76 Å². The SMILES string of the molecule is CCOC(=C1C(=O)N(C(C)=O)c2cc(C(=O)OC)ccc21)c1ccccc1. The van der Waals surface area contributed by atoms with E-state index in [1.54, 1.807) is 12.1 Å². The zero-order valence-corrected chi connectivity index (χ0v) is 15.3. The molecule has 6 heteroatoms. The van der Waals surface area contributed by atoms with E-state index >= 15 is 0 Å². The maximum Gasteiger partial charge on any atom is 0.337 e. The molecule has 2 aromatic carbocycles. The second-order valence-electron chi connectivity index (χ2n) is 5.89. The minimum Gasteiger partial charge on any atom is -0.492 e. The van der Waals surface area contributed by atoms with Gasteiger partial charge in [0.2, 0.25) is 5.91 Å². The third-order valence-electron chi connectivity index (χ3n) is 4.21. The molecule has 0 N–H and O–H groups in total. The number of carbonyl (C=O) groups is 3. The first kappa shape index (κ1) is 18.4. The molecule has 0 saturated carbocycles. The summed E-state index contributed by atoms with van der Waals surface area (Å²) in [6, 6.07) is 13.9. The topological polar surface area (TPSA) is 72.9 Å². The highest BCUT2D eigenvalue weighted by molar-refractivity contribution is 6.43. The van der Waals surface area contributed by atoms with E-state index in [0.717, 1.165) is 10.5 Å². The fourth-order valence-corrected chi connectivity index (χ4v) is 3.08. The second-order valence-corrected chi connectivity index (χ2v) is 5.89. The van der Waals surface area contributed by atoms with Crippen LogP contribution in [-0.2, 0) is 19.1 Å². The molecule has 27 heavy (non-hydrogen) atoms. The summed E-state index contributed by atoms with van der Waals surface area (Å²) in [6.45, 7) is 3.49. The maximum atomic E-state index is 13.1. The van der Waals surface area contributed by atoms with Gasteiger partial charge in [-0.3, -0.25) is 9.59 Å². The highest BCUT2D eigenvalue weighted by atomic mass is 16.5. The Morgan fingerprint density at radius 2 is 1.74 bits per heavy atom. The van der Waals surface area contributed by atoms with Gasteiger partial charge in [0, 0.05) is 18.1 Å². The van der Waals surface area contributed by atoms with Gasteiger partial charge in [-0.1, -0.05) is 36.4 Å². The Morgan fingerprint density at radius 1 is 1.04 bits per heavy atom. The van der Waals surface area contributed by atoms with Gasteiger partial charge in [0.25, 0.3) is 5.91 Å². The van der Waals surface area contributed by atoms with Gasteiger partial charge in [0.15, 0.2) is 0 Å². The normalized spacial score (nSPS) is 14.6. The molecule has 2 amide bonds. The zero-order chi connectivity index (χ0) is 19.6. The largest absolute Gasteiger partial charge is 0.492 e. The number of ether oxygens (including phenoxy) is 2. The Balaban J connectivity index is 2.28. The fraction of sp³-hybridized carbons (Fsp3) is 0.190. The first-order valence-electron chi connectivity index (χ1n) is 8.49. The molecule has 0 fully saturated rings. The molecule has 0 unspecified atom stereocenters. The molecular weight excluding hydrogens is 346 g/mol. The molecule has 0 spiro atoms. The lowest BCUT2D eigenvalue weighted by Gasteiger charge is -2.13. The van der Waals surface area contributed by atoms with E-state index in [1.165, 1.54) is 20.1 Å². The number of hydrogen-bond donors (Lipinski definition) is 0. The quantitative estimate of drug-likeness (QED) is 0.472. The summed E-state index contributed by atoms with van der Waals surface area (Å²) >= 11 is 0. The summed E-state index contributed by atoms with van der Waals surface area (Å²) in [4.78, 5) is 38.2. The van der Waals surface area contributed by atoms with Gasteiger partial charge in [-0.2, -0.15) is 0 Å². The number of anilines is 1. The van der Waals surface area contributed by atoms with E-state index in [0.29, 0.717) is 29.2 Å². The molecule has 0 radical (unpaired) electrons. The molecule has 1 aliphatic rings. The van der Waals surface area contributed by atoms with E-state index in [2.05, 4.69) is 0 Å². The molecule has 0 aromatic heterocycles. The summed E-state index contributed by atoms with van der Waals surface area (Å²) in [5, 5.41) is 0. The van der Waals surface area contributed by atoms with Crippen LogP contribution in [0.1, 0.15) is 35.3 Å². The Hall–Kier alpha value is -3.41. The first-order valence-corrected chi connectivity index (χ1v) is 8.49. The summed E-state index contributed by atoms with van der Waals surface area (Å²) < 4.78 is 10.5. The van der Waals surface area contributed by atoms with Crippen molar-refractivity contribution in [1.82, 2.24) is 0 Å². The Morgan fingerprint density at radius 3 is 2.33 bits per heavy atom. The van der Waals surface area contributed by atoms with Crippen molar-refractivity contribution in [3.63, 3.8) is 0 Å². The highest BCUT2D eigenvalue weighted by Gasteiger charge is 2.38. The van der Waals surface area contributed by atoms with Crippen LogP contribution in [0.4, 0.5) is 5.69 Å². The molecule has 6 nitrogen and oxygen atoms in total. The van der Waals surface area contributed by atoms with Crippen molar-refractivity contribution in [2.75, 3.05) is 18.6 Å². The van der Waals surface area contributed by atoms with Crippen molar-refractivity contribution in [2.45, 2.75) is 13.8 Å². The third-order valence-corrected chi connectivity index (χ3v) is 4.21. The smallest absolute Gasteiger partial charge is 0.337 e. The number of amides is 2. The molecule has 1 heterocycles. The van der Waals surface area contributed by atoms with Crippen LogP contribution in [0.15, 0.2) is 48.5 Å². The zero-order valence-electron chi connectivity index (χ0n) is 15.3. The van der Waals surface area contributed by atoms with Crippen molar-refractivity contribution in [3.05, 3.63) is 65.2 Å². The predicted molar refractivity (Wildman–Crippen MR) is 101 cm³/mol. The highest BCUT2D eigenvalue weighted by Crippen LogP contribution is 2.41. The number of benzene rings is 2. The van der Waals surface area contributed by atoms with Crippen LogP contribution in [0.25, 0.3) is 11.3 Å². The number of carbonyl (C=O) groups excluding carboxylic acids is 3. The van der Waals surface area contributed by atoms with E-state index < -0.39 is 17.8 Å². The lowest BCUT2D eigenvalue weighted by molar-refractivity contribution is -0.122. The van der Waals surface area contributed by atoms with Crippen molar-refractivity contribution >= 4 is 34.8 Å². The van der Waals surface area contributed by atoms with E-state index in [4.69, 9.17) is 9.47 Å². The molecule has 138 valence electrons. The summed E-state index contributed by atoms with van der Waals surface area (Å²) in [6.07, 6.45) is 0. The van der Waals surface area contributed by atoms with Gasteiger partial charge in [-0.05, 0) is 19.1 Å². The molecular formula is C21H19NO5. The van der Waals surface area contributed by atoms with E-state index in [9.17, 15) is 14.4 Å². The lowest BCUT2D eigenvalue weighted by atomic mass is 10.0. The second kappa shape index (κ2) is 7.45. The van der Waals surface area contributed by atoms with Gasteiger partial charge in [0.05, 0.1) is 30.5 Å². The summed E-state index contributed by atoms with van der Waals surface area (Å²) in [5.41, 5.74) is 2.17. The molecule has 0 atom stereocenters. The monoisotopic (exact) mass is 365 g/mol. The number of methoxy groups -OCH3 is 1. The van der Waals surface area contributed by atoms with Crippen molar-refractivity contribution in [2.24, 2.45) is 0 Å². The number of rotatable bonds is 4. The van der Waals surface area contributed by atoms with Gasteiger partial charge in [-0.15, -0.1) is 0 Å². The maximum absolute atomic E-state index is 13.1. The molecule has 0 aliphatic carbocycles. The molecule has 2 aromatic rings. The van der Waals surface area contributed by atoms with Crippen LogP contribution in [-0.4, -0.2) is 31.5 Å². The van der Waals surface area contributed by atoms with Gasteiger partial charge in [-0.25, -0.2) is 9.69 Å². The summed E-state index contributed by atoms with van der Waals surface area (Å²) in [7, 11) is 1.28. The van der Waals surface area contributed by atoms with Crippen LogP contribution < -0.4 is 4.90 Å². The van der Waals surface area contributed by atoms with Gasteiger partial charge >= 0.3 is 5.97 Å². The lowest BCUT2D eigenvalue weighted by Crippen LogP contribution is -2.31. The van der Waals surface area contributed by atoms with Crippen LogP contribution >= 0.6 is 0 Å². The van der Waals surface area contributed by atoms with Gasteiger partial charge < -0.3 is 9.47 Å². The third kappa shape index (κ3) is 3.21. The van der Waals surface area contributed by atoms with E-state index in [-0.39, 0.29) is 5.56 Å². The first-order chi connectivity index (χ1) is 13.0. The Kier molecular flexibility index (Phi) is 5.07. The number of imide groups is 1. The van der Waals surface area contributed by atoms with Crippen LogP contribution in [0.5, 0.6) is 0 Å². The minimum atomic E-state index is -0.542. The number of fused-ring (bicyclic) bond motifs is 1. The van der Waals surface area contributed by atoms with Crippen LogP contribution in [0, 0.1) is 0 Å². The van der Waals surface area contributed by atoms with Crippen LogP contribution in [0.3, 0.4) is 0 Å². The number of hydrogen-bond acceptors (Lipinski definition) is 5. The van der Waals surface area contributed by atoms with Crippen molar-refractivity contribution in [3.8, 4) is 0 Å². The van der Waals surface area contributed by atoms with Crippen molar-refractivity contribution < 1.29 is 23.9 Å². The molecule has 1 aliphatic heterocycles. The Labute approximate surface area is 157 Å². The average molecular weight is 365 g/mol. The number of nitrogens with zero attached hydrogens (tertiary/aromatic N) is 1. The minimum absolute atomic E-state index is 0.259.